The van der Waals surface area contributed by atoms with Crippen molar-refractivity contribution in [2.75, 3.05) is 12.4 Å². The first kappa shape index (κ1) is 12.6. The van der Waals surface area contributed by atoms with E-state index in [0.29, 0.717) is 17.5 Å². The SMILES string of the molecule is CNc1nc(-c2ccc(C)o2)nc(C)c1C(C)C. The first-order valence-corrected chi connectivity index (χ1v) is 6.16. The Morgan fingerprint density at radius 1 is 1.17 bits per heavy atom. The van der Waals surface area contributed by atoms with Gasteiger partial charge in [0.25, 0.3) is 0 Å². The minimum atomic E-state index is 0.389. The average Bonchev–Trinajstić information content (AvgIpc) is 2.74. The topological polar surface area (TPSA) is 51.0 Å². The van der Waals surface area contributed by atoms with Gasteiger partial charge < -0.3 is 9.73 Å². The molecule has 0 saturated heterocycles. The fourth-order valence-electron chi connectivity index (χ4n) is 2.13. The summed E-state index contributed by atoms with van der Waals surface area (Å²) in [6, 6.07) is 3.82. The van der Waals surface area contributed by atoms with Crippen LogP contribution < -0.4 is 5.32 Å². The van der Waals surface area contributed by atoms with Gasteiger partial charge in [0.15, 0.2) is 11.6 Å². The Balaban J connectivity index is 2.55. The van der Waals surface area contributed by atoms with Gasteiger partial charge in [0, 0.05) is 18.3 Å². The van der Waals surface area contributed by atoms with E-state index >= 15 is 0 Å². The zero-order valence-corrected chi connectivity index (χ0v) is 11.5. The minimum Gasteiger partial charge on any atom is -0.458 e. The molecular formula is C14H19N3O. The smallest absolute Gasteiger partial charge is 0.197 e. The first-order chi connectivity index (χ1) is 8.52. The molecule has 0 amide bonds. The van der Waals surface area contributed by atoms with Gasteiger partial charge in [-0.05, 0) is 31.9 Å². The molecule has 2 aromatic heterocycles. The molecular weight excluding hydrogens is 226 g/mol. The summed E-state index contributed by atoms with van der Waals surface area (Å²) in [6.07, 6.45) is 0. The van der Waals surface area contributed by atoms with Crippen LogP contribution in [-0.2, 0) is 0 Å². The van der Waals surface area contributed by atoms with Gasteiger partial charge in [0.05, 0.1) is 0 Å². The van der Waals surface area contributed by atoms with Gasteiger partial charge in [-0.1, -0.05) is 13.8 Å². The predicted octanol–water partition coefficient (Wildman–Crippen LogP) is 3.52. The maximum atomic E-state index is 5.57. The number of furan rings is 1. The molecule has 2 rings (SSSR count). The summed E-state index contributed by atoms with van der Waals surface area (Å²) < 4.78 is 5.57. The number of nitrogens with one attached hydrogen (secondary N) is 1. The summed E-state index contributed by atoms with van der Waals surface area (Å²) >= 11 is 0. The Bertz CT molecular complexity index is 558. The van der Waals surface area contributed by atoms with E-state index < -0.39 is 0 Å². The number of hydrogen-bond acceptors (Lipinski definition) is 4. The van der Waals surface area contributed by atoms with E-state index in [9.17, 15) is 0 Å². The molecule has 0 unspecified atom stereocenters. The zero-order valence-electron chi connectivity index (χ0n) is 11.5. The van der Waals surface area contributed by atoms with Crippen molar-refractivity contribution in [3.63, 3.8) is 0 Å². The van der Waals surface area contributed by atoms with Gasteiger partial charge in [0.2, 0.25) is 0 Å². The van der Waals surface area contributed by atoms with Crippen LogP contribution in [-0.4, -0.2) is 17.0 Å². The molecule has 18 heavy (non-hydrogen) atoms. The Hall–Kier alpha value is -1.84. The third-order valence-electron chi connectivity index (χ3n) is 2.91. The van der Waals surface area contributed by atoms with Crippen molar-refractivity contribution in [3.05, 3.63) is 29.2 Å². The van der Waals surface area contributed by atoms with Crippen molar-refractivity contribution in [1.29, 1.82) is 0 Å². The number of hydrogen-bond donors (Lipinski definition) is 1. The van der Waals surface area contributed by atoms with Gasteiger partial charge in [-0.3, -0.25) is 0 Å². The van der Waals surface area contributed by atoms with E-state index in [-0.39, 0.29) is 0 Å². The highest BCUT2D eigenvalue weighted by molar-refractivity contribution is 5.56. The van der Waals surface area contributed by atoms with Crippen molar-refractivity contribution in [2.45, 2.75) is 33.6 Å². The molecule has 0 aliphatic heterocycles. The number of aryl methyl sites for hydroxylation is 2. The summed E-state index contributed by atoms with van der Waals surface area (Å²) in [5.41, 5.74) is 2.15. The number of aromatic nitrogens is 2. The summed E-state index contributed by atoms with van der Waals surface area (Å²) in [7, 11) is 1.88. The van der Waals surface area contributed by atoms with Gasteiger partial charge in [-0.25, -0.2) is 9.97 Å². The molecule has 4 heteroatoms. The van der Waals surface area contributed by atoms with Crippen LogP contribution >= 0.6 is 0 Å². The number of anilines is 1. The summed E-state index contributed by atoms with van der Waals surface area (Å²) in [6.45, 7) is 8.21. The maximum absolute atomic E-state index is 5.57. The quantitative estimate of drug-likeness (QED) is 0.898. The maximum Gasteiger partial charge on any atom is 0.197 e. The highest BCUT2D eigenvalue weighted by atomic mass is 16.3. The van der Waals surface area contributed by atoms with Crippen LogP contribution in [0.2, 0.25) is 0 Å². The average molecular weight is 245 g/mol. The molecule has 0 bridgehead atoms. The summed E-state index contributed by atoms with van der Waals surface area (Å²) in [5.74, 6) is 3.48. The van der Waals surface area contributed by atoms with Crippen LogP contribution in [0.15, 0.2) is 16.5 Å². The normalized spacial score (nSPS) is 11.0. The third kappa shape index (κ3) is 2.23. The molecule has 0 spiro atoms. The molecule has 0 radical (unpaired) electrons. The van der Waals surface area contributed by atoms with Crippen LogP contribution in [0.3, 0.4) is 0 Å². The lowest BCUT2D eigenvalue weighted by molar-refractivity contribution is 0.543. The minimum absolute atomic E-state index is 0.389. The fraction of sp³-hybridized carbons (Fsp3) is 0.429. The standard InChI is InChI=1S/C14H19N3O/c1-8(2)12-10(4)16-13(17-14(12)15-5)11-7-6-9(3)18-11/h6-8H,1-5H3,(H,15,16,17). The number of rotatable bonds is 3. The van der Waals surface area contributed by atoms with Crippen molar-refractivity contribution >= 4 is 5.82 Å². The van der Waals surface area contributed by atoms with Crippen molar-refractivity contribution < 1.29 is 4.42 Å². The highest BCUT2D eigenvalue weighted by Gasteiger charge is 2.16. The Kier molecular flexibility index (Phi) is 3.36. The van der Waals surface area contributed by atoms with Crippen molar-refractivity contribution in [3.8, 4) is 11.6 Å². The van der Waals surface area contributed by atoms with Gasteiger partial charge in [0.1, 0.15) is 11.6 Å². The van der Waals surface area contributed by atoms with E-state index in [4.69, 9.17) is 4.42 Å². The van der Waals surface area contributed by atoms with Gasteiger partial charge in [-0.15, -0.1) is 0 Å². The molecule has 2 heterocycles. The Morgan fingerprint density at radius 3 is 2.39 bits per heavy atom. The Labute approximate surface area is 107 Å². The number of nitrogens with zero attached hydrogens (tertiary/aromatic N) is 2. The van der Waals surface area contributed by atoms with E-state index in [0.717, 1.165) is 22.8 Å². The summed E-state index contributed by atoms with van der Waals surface area (Å²) in [4.78, 5) is 9.08. The molecule has 0 aliphatic carbocycles. The largest absolute Gasteiger partial charge is 0.458 e. The van der Waals surface area contributed by atoms with Gasteiger partial charge >= 0.3 is 0 Å². The second-order valence-electron chi connectivity index (χ2n) is 4.71. The lowest BCUT2D eigenvalue weighted by atomic mass is 10.0. The van der Waals surface area contributed by atoms with E-state index in [2.05, 4.69) is 29.1 Å². The lowest BCUT2D eigenvalue weighted by Gasteiger charge is -2.14. The van der Waals surface area contributed by atoms with Crippen molar-refractivity contribution in [1.82, 2.24) is 9.97 Å². The molecule has 0 fully saturated rings. The second kappa shape index (κ2) is 4.80. The second-order valence-corrected chi connectivity index (χ2v) is 4.71. The zero-order chi connectivity index (χ0) is 13.3. The molecule has 2 aromatic rings. The van der Waals surface area contributed by atoms with E-state index in [1.807, 2.05) is 33.0 Å². The van der Waals surface area contributed by atoms with Gasteiger partial charge in [-0.2, -0.15) is 0 Å². The summed E-state index contributed by atoms with van der Waals surface area (Å²) in [5, 5.41) is 3.14. The van der Waals surface area contributed by atoms with Crippen LogP contribution in [0.4, 0.5) is 5.82 Å². The van der Waals surface area contributed by atoms with Crippen LogP contribution in [0, 0.1) is 13.8 Å². The lowest BCUT2D eigenvalue weighted by Crippen LogP contribution is -2.06. The van der Waals surface area contributed by atoms with Crippen molar-refractivity contribution in [2.24, 2.45) is 0 Å². The first-order valence-electron chi connectivity index (χ1n) is 6.16. The van der Waals surface area contributed by atoms with Crippen LogP contribution in [0.5, 0.6) is 0 Å². The fourth-order valence-corrected chi connectivity index (χ4v) is 2.13. The molecule has 0 aromatic carbocycles. The molecule has 0 aliphatic rings. The molecule has 0 saturated carbocycles. The monoisotopic (exact) mass is 245 g/mol. The van der Waals surface area contributed by atoms with E-state index in [1.54, 1.807) is 0 Å². The molecule has 4 nitrogen and oxygen atoms in total. The molecule has 0 atom stereocenters. The van der Waals surface area contributed by atoms with Crippen LogP contribution in [0.1, 0.15) is 36.8 Å². The predicted molar refractivity (Wildman–Crippen MR) is 72.8 cm³/mol. The third-order valence-corrected chi connectivity index (χ3v) is 2.91. The molecule has 96 valence electrons. The Morgan fingerprint density at radius 2 is 1.89 bits per heavy atom. The van der Waals surface area contributed by atoms with Crippen LogP contribution in [0.25, 0.3) is 11.6 Å². The molecule has 1 N–H and O–H groups in total. The van der Waals surface area contributed by atoms with E-state index in [1.165, 1.54) is 0 Å². The highest BCUT2D eigenvalue weighted by Crippen LogP contribution is 2.28.